The molecular weight excluding hydrogens is 336 g/mol. The predicted molar refractivity (Wildman–Crippen MR) is 98.0 cm³/mol. The monoisotopic (exact) mass is 364 g/mol. The maximum Gasteiger partial charge on any atom is 0.344 e. The minimum Gasteiger partial charge on any atom is -0.482 e. The van der Waals surface area contributed by atoms with Gasteiger partial charge in [-0.25, -0.2) is 4.79 Å². The number of ether oxygens (including phenoxy) is 2. The fourth-order valence-corrected chi connectivity index (χ4v) is 2.39. The lowest BCUT2D eigenvalue weighted by Crippen LogP contribution is -2.46. The van der Waals surface area contributed by atoms with Crippen LogP contribution in [0.3, 0.4) is 0 Å². The number of likely N-dealkylation sites (N-methyl/N-ethyl adjacent to an activating group) is 1. The summed E-state index contributed by atoms with van der Waals surface area (Å²) in [5.41, 5.74) is 2.31. The molecule has 2 N–H and O–H groups in total. The first-order chi connectivity index (χ1) is 12.2. The number of hydrogen-bond acceptors (Lipinski definition) is 5. The van der Waals surface area contributed by atoms with Crippen LogP contribution in [0.15, 0.2) is 18.2 Å². The topological polar surface area (TPSA) is 93.7 Å². The van der Waals surface area contributed by atoms with E-state index in [0.29, 0.717) is 18.2 Å². The second-order valence-electron chi connectivity index (χ2n) is 6.31. The van der Waals surface area contributed by atoms with E-state index < -0.39 is 24.5 Å². The van der Waals surface area contributed by atoms with Crippen LogP contribution in [0.5, 0.6) is 5.75 Å². The molecule has 7 heteroatoms. The van der Waals surface area contributed by atoms with Crippen molar-refractivity contribution in [3.8, 4) is 5.75 Å². The number of esters is 1. The average molecular weight is 364 g/mol. The highest BCUT2D eigenvalue weighted by Gasteiger charge is 2.16. The van der Waals surface area contributed by atoms with Gasteiger partial charge >= 0.3 is 5.97 Å². The lowest BCUT2D eigenvalue weighted by atomic mass is 9.98. The van der Waals surface area contributed by atoms with Gasteiger partial charge in [0.25, 0.3) is 5.91 Å². The third-order valence-corrected chi connectivity index (χ3v) is 3.71. The highest BCUT2D eigenvalue weighted by atomic mass is 16.6. The molecule has 0 saturated heterocycles. The quantitative estimate of drug-likeness (QED) is 0.650. The minimum absolute atomic E-state index is 0.292. The second-order valence-corrected chi connectivity index (χ2v) is 6.31. The normalized spacial score (nSPS) is 11.6. The Kier molecular flexibility index (Phi) is 8.61. The Morgan fingerprint density at radius 2 is 1.81 bits per heavy atom. The molecule has 144 valence electrons. The van der Waals surface area contributed by atoms with Crippen LogP contribution in [-0.4, -0.2) is 43.6 Å². The van der Waals surface area contributed by atoms with E-state index in [2.05, 4.69) is 24.5 Å². The fourth-order valence-electron chi connectivity index (χ4n) is 2.39. The zero-order valence-electron chi connectivity index (χ0n) is 16.0. The van der Waals surface area contributed by atoms with Crippen molar-refractivity contribution in [1.29, 1.82) is 0 Å². The third-order valence-electron chi connectivity index (χ3n) is 3.71. The lowest BCUT2D eigenvalue weighted by molar-refractivity contribution is -0.150. The molecule has 0 radical (unpaired) electrons. The van der Waals surface area contributed by atoms with Crippen LogP contribution >= 0.6 is 0 Å². The molecule has 26 heavy (non-hydrogen) atoms. The van der Waals surface area contributed by atoms with E-state index in [4.69, 9.17) is 9.47 Å². The predicted octanol–water partition coefficient (Wildman–Crippen LogP) is 1.68. The molecule has 0 unspecified atom stereocenters. The maximum absolute atomic E-state index is 11.7. The molecule has 0 fully saturated rings. The highest BCUT2D eigenvalue weighted by molar-refractivity contribution is 5.88. The Morgan fingerprint density at radius 1 is 1.12 bits per heavy atom. The van der Waals surface area contributed by atoms with Crippen LogP contribution in [0.2, 0.25) is 0 Å². The molecule has 7 nitrogen and oxygen atoms in total. The zero-order valence-corrected chi connectivity index (χ0v) is 16.0. The van der Waals surface area contributed by atoms with Gasteiger partial charge < -0.3 is 20.1 Å². The van der Waals surface area contributed by atoms with Gasteiger partial charge in [-0.1, -0.05) is 19.9 Å². The van der Waals surface area contributed by atoms with Gasteiger partial charge in [0.05, 0.1) is 0 Å². The van der Waals surface area contributed by atoms with E-state index in [1.54, 1.807) is 19.9 Å². The fraction of sp³-hybridized carbons (Fsp3) is 0.526. The Hall–Kier alpha value is -2.57. The molecule has 0 saturated carbocycles. The minimum atomic E-state index is -0.695. The average Bonchev–Trinajstić information content (AvgIpc) is 2.58. The number of carbonyl (C=O) groups excluding carboxylic acids is 3. The number of carbonyl (C=O) groups is 3. The van der Waals surface area contributed by atoms with Crippen molar-refractivity contribution >= 4 is 17.8 Å². The van der Waals surface area contributed by atoms with Gasteiger partial charge in [-0.2, -0.15) is 0 Å². The molecule has 0 aliphatic rings. The van der Waals surface area contributed by atoms with Crippen molar-refractivity contribution in [3.63, 3.8) is 0 Å². The van der Waals surface area contributed by atoms with E-state index in [1.807, 2.05) is 19.1 Å². The zero-order chi connectivity index (χ0) is 19.7. The summed E-state index contributed by atoms with van der Waals surface area (Å²) in [7, 11) is 0. The summed E-state index contributed by atoms with van der Waals surface area (Å²) in [6.45, 7) is 9.26. The van der Waals surface area contributed by atoms with E-state index in [0.717, 1.165) is 5.56 Å². The molecule has 0 heterocycles. The van der Waals surface area contributed by atoms with Gasteiger partial charge in [-0.15, -0.1) is 0 Å². The SMILES string of the molecule is CCNC(=O)[C@@H](C)NC(=O)COC(=O)COc1ccc(C(C)C)c(C)c1. The molecule has 2 amide bonds. The summed E-state index contributed by atoms with van der Waals surface area (Å²) < 4.78 is 10.2. The first kappa shape index (κ1) is 21.5. The number of hydrogen-bond donors (Lipinski definition) is 2. The summed E-state index contributed by atoms with van der Waals surface area (Å²) in [6.07, 6.45) is 0. The molecule has 0 bridgehead atoms. The smallest absolute Gasteiger partial charge is 0.344 e. The molecule has 1 atom stereocenters. The van der Waals surface area contributed by atoms with Gasteiger partial charge in [-0.3, -0.25) is 9.59 Å². The Balaban J connectivity index is 2.37. The van der Waals surface area contributed by atoms with Crippen LogP contribution in [0, 0.1) is 6.92 Å². The van der Waals surface area contributed by atoms with Crippen molar-refractivity contribution < 1.29 is 23.9 Å². The molecule has 0 aliphatic carbocycles. The Labute approximate surface area is 154 Å². The van der Waals surface area contributed by atoms with E-state index in [-0.39, 0.29) is 12.5 Å². The number of aryl methyl sites for hydroxylation is 1. The number of benzene rings is 1. The largest absolute Gasteiger partial charge is 0.482 e. The second kappa shape index (κ2) is 10.4. The van der Waals surface area contributed by atoms with Crippen LogP contribution in [-0.2, 0) is 19.1 Å². The molecule has 0 aromatic heterocycles. The number of amides is 2. The van der Waals surface area contributed by atoms with Crippen LogP contribution < -0.4 is 15.4 Å². The highest BCUT2D eigenvalue weighted by Crippen LogP contribution is 2.23. The summed E-state index contributed by atoms with van der Waals surface area (Å²) in [5.74, 6) is -0.520. The summed E-state index contributed by atoms with van der Waals surface area (Å²) in [5, 5.41) is 5.04. The van der Waals surface area contributed by atoms with Gasteiger partial charge in [0.2, 0.25) is 5.91 Å². The molecule has 0 aliphatic heterocycles. The first-order valence-corrected chi connectivity index (χ1v) is 8.70. The molecule has 1 aromatic rings. The van der Waals surface area contributed by atoms with Gasteiger partial charge in [0.15, 0.2) is 13.2 Å². The molecular formula is C19H28N2O5. The first-order valence-electron chi connectivity index (χ1n) is 8.70. The van der Waals surface area contributed by atoms with Crippen LogP contribution in [0.4, 0.5) is 0 Å². The van der Waals surface area contributed by atoms with E-state index >= 15 is 0 Å². The van der Waals surface area contributed by atoms with Crippen molar-refractivity contribution in [2.24, 2.45) is 0 Å². The maximum atomic E-state index is 11.7. The van der Waals surface area contributed by atoms with E-state index in [9.17, 15) is 14.4 Å². The van der Waals surface area contributed by atoms with Gasteiger partial charge in [-0.05, 0) is 49.9 Å². The van der Waals surface area contributed by atoms with Crippen molar-refractivity contribution in [2.75, 3.05) is 19.8 Å². The van der Waals surface area contributed by atoms with Crippen molar-refractivity contribution in [2.45, 2.75) is 46.6 Å². The summed E-state index contributed by atoms with van der Waals surface area (Å²) in [4.78, 5) is 34.9. The Morgan fingerprint density at radius 3 is 2.38 bits per heavy atom. The summed E-state index contributed by atoms with van der Waals surface area (Å²) >= 11 is 0. The van der Waals surface area contributed by atoms with Crippen molar-refractivity contribution in [3.05, 3.63) is 29.3 Å². The molecule has 0 spiro atoms. The van der Waals surface area contributed by atoms with Crippen LogP contribution in [0.25, 0.3) is 0 Å². The van der Waals surface area contributed by atoms with Gasteiger partial charge in [0, 0.05) is 6.54 Å². The van der Waals surface area contributed by atoms with E-state index in [1.165, 1.54) is 5.56 Å². The summed E-state index contributed by atoms with van der Waals surface area (Å²) in [6, 6.07) is 4.94. The third kappa shape index (κ3) is 7.13. The molecule has 1 rings (SSSR count). The number of nitrogens with one attached hydrogen (secondary N) is 2. The Bertz CT molecular complexity index is 643. The van der Waals surface area contributed by atoms with Crippen LogP contribution in [0.1, 0.15) is 44.7 Å². The lowest BCUT2D eigenvalue weighted by Gasteiger charge is -2.14. The number of rotatable bonds is 9. The standard InChI is InChI=1S/C19H28N2O5/c1-6-20-19(24)14(5)21-17(22)10-26-18(23)11-25-15-7-8-16(12(2)3)13(4)9-15/h7-9,12,14H,6,10-11H2,1-5H3,(H,20,24)(H,21,22)/t14-/m1/s1. The van der Waals surface area contributed by atoms with Gasteiger partial charge in [0.1, 0.15) is 11.8 Å². The molecule has 1 aromatic carbocycles. The van der Waals surface area contributed by atoms with Crippen molar-refractivity contribution in [1.82, 2.24) is 10.6 Å².